The van der Waals surface area contributed by atoms with Crippen LogP contribution in [0.5, 0.6) is 0 Å². The van der Waals surface area contributed by atoms with Crippen LogP contribution in [0, 0.1) is 0 Å². The molecule has 0 fully saturated rings. The van der Waals surface area contributed by atoms with Crippen molar-refractivity contribution < 1.29 is 14.7 Å². The van der Waals surface area contributed by atoms with E-state index in [1.807, 2.05) is 0 Å². The van der Waals surface area contributed by atoms with Gasteiger partial charge in [0.15, 0.2) is 0 Å². The highest BCUT2D eigenvalue weighted by molar-refractivity contribution is 5.85. The minimum Gasteiger partial charge on any atom is -0.481 e. The molecule has 0 saturated carbocycles. The molecule has 0 unspecified atom stereocenters. The van der Waals surface area contributed by atoms with Crippen molar-refractivity contribution in [2.75, 3.05) is 26.2 Å². The van der Waals surface area contributed by atoms with Crippen molar-refractivity contribution in [1.82, 2.24) is 4.90 Å². The monoisotopic (exact) mass is 303 g/mol. The van der Waals surface area contributed by atoms with E-state index >= 15 is 0 Å². The number of hydrogen-bond donors (Lipinski definition) is 3. The lowest BCUT2D eigenvalue weighted by molar-refractivity contribution is -0.141. The molecule has 0 aromatic heterocycles. The molecule has 0 aromatic carbocycles. The van der Waals surface area contributed by atoms with Crippen LogP contribution >= 0.6 is 24.8 Å². The summed E-state index contributed by atoms with van der Waals surface area (Å²) in [5, 5.41) is 8.49. The lowest BCUT2D eigenvalue weighted by Crippen LogP contribution is -2.34. The second-order valence-electron chi connectivity index (χ2n) is 3.56. The van der Waals surface area contributed by atoms with Gasteiger partial charge >= 0.3 is 5.97 Å². The molecule has 0 heterocycles. The average Bonchev–Trinajstić information content (AvgIpc) is 2.26. The van der Waals surface area contributed by atoms with Crippen LogP contribution in [0.2, 0.25) is 0 Å². The van der Waals surface area contributed by atoms with Gasteiger partial charge in [0.1, 0.15) is 0 Å². The van der Waals surface area contributed by atoms with Crippen molar-refractivity contribution >= 4 is 36.7 Å². The summed E-state index contributed by atoms with van der Waals surface area (Å²) >= 11 is 0. The van der Waals surface area contributed by atoms with Gasteiger partial charge in [-0.25, -0.2) is 0 Å². The molecule has 6 nitrogen and oxygen atoms in total. The molecular formula is C10H23Cl2N3O3. The number of halogens is 2. The Bertz CT molecular complexity index is 222. The maximum absolute atomic E-state index is 11.6. The highest BCUT2D eigenvalue weighted by Gasteiger charge is 2.13. The average molecular weight is 304 g/mol. The van der Waals surface area contributed by atoms with Gasteiger partial charge in [0.2, 0.25) is 5.91 Å². The largest absolute Gasteiger partial charge is 0.481 e. The first-order chi connectivity index (χ1) is 7.61. The van der Waals surface area contributed by atoms with Gasteiger partial charge in [-0.3, -0.25) is 9.59 Å². The first-order valence-electron chi connectivity index (χ1n) is 5.51. The highest BCUT2D eigenvalue weighted by atomic mass is 35.5. The van der Waals surface area contributed by atoms with Crippen LogP contribution < -0.4 is 11.5 Å². The number of hydrogen-bond acceptors (Lipinski definition) is 4. The van der Waals surface area contributed by atoms with Crippen molar-refractivity contribution in [3.8, 4) is 0 Å². The third kappa shape index (κ3) is 11.9. The Balaban J connectivity index is -0.00000112. The Morgan fingerprint density at radius 1 is 0.944 bits per heavy atom. The molecule has 5 N–H and O–H groups in total. The zero-order valence-electron chi connectivity index (χ0n) is 10.3. The Kier molecular flexibility index (Phi) is 18.2. The summed E-state index contributed by atoms with van der Waals surface area (Å²) in [6, 6.07) is 0. The zero-order valence-corrected chi connectivity index (χ0v) is 12.0. The van der Waals surface area contributed by atoms with E-state index in [9.17, 15) is 9.59 Å². The zero-order chi connectivity index (χ0) is 12.4. The Morgan fingerprint density at radius 3 is 1.72 bits per heavy atom. The molecular weight excluding hydrogens is 281 g/mol. The van der Waals surface area contributed by atoms with Gasteiger partial charge < -0.3 is 21.5 Å². The summed E-state index contributed by atoms with van der Waals surface area (Å²) in [6.45, 7) is 2.20. The number of nitrogens with two attached hydrogens (primary N) is 2. The summed E-state index contributed by atoms with van der Waals surface area (Å²) < 4.78 is 0. The fraction of sp³-hybridized carbons (Fsp3) is 0.800. The normalized spacial score (nSPS) is 9.00. The fourth-order valence-corrected chi connectivity index (χ4v) is 1.30. The molecule has 0 atom stereocenters. The Hall–Kier alpha value is -0.560. The summed E-state index contributed by atoms with van der Waals surface area (Å²) in [6.07, 6.45) is 1.37. The molecule has 18 heavy (non-hydrogen) atoms. The summed E-state index contributed by atoms with van der Waals surface area (Å²) in [5.41, 5.74) is 10.7. The van der Waals surface area contributed by atoms with Crippen LogP contribution in [-0.2, 0) is 9.59 Å². The quantitative estimate of drug-likeness (QED) is 0.564. The van der Waals surface area contributed by atoms with Crippen LogP contribution in [-0.4, -0.2) is 48.1 Å². The molecule has 0 aliphatic rings. The van der Waals surface area contributed by atoms with Gasteiger partial charge in [-0.05, 0) is 25.9 Å². The van der Waals surface area contributed by atoms with Crippen LogP contribution in [0.4, 0.5) is 0 Å². The molecule has 0 bridgehead atoms. The number of carboxylic acid groups (broad SMARTS) is 1. The predicted molar refractivity (Wildman–Crippen MR) is 75.3 cm³/mol. The number of nitrogens with zero attached hydrogens (tertiary/aromatic N) is 1. The van der Waals surface area contributed by atoms with Gasteiger partial charge in [0.25, 0.3) is 0 Å². The molecule has 110 valence electrons. The molecule has 0 spiro atoms. The van der Waals surface area contributed by atoms with Crippen LogP contribution in [0.25, 0.3) is 0 Å². The van der Waals surface area contributed by atoms with Gasteiger partial charge in [-0.1, -0.05) is 0 Å². The minimum absolute atomic E-state index is 0. The number of carboxylic acids is 1. The topological polar surface area (TPSA) is 110 Å². The van der Waals surface area contributed by atoms with Crippen LogP contribution in [0.15, 0.2) is 0 Å². The molecule has 1 amide bonds. The molecule has 0 aliphatic carbocycles. The van der Waals surface area contributed by atoms with E-state index in [4.69, 9.17) is 16.6 Å². The first kappa shape index (κ1) is 22.6. The van der Waals surface area contributed by atoms with Crippen LogP contribution in [0.3, 0.4) is 0 Å². The van der Waals surface area contributed by atoms with E-state index in [0.717, 1.165) is 12.8 Å². The van der Waals surface area contributed by atoms with Crippen molar-refractivity contribution in [3.05, 3.63) is 0 Å². The highest BCUT2D eigenvalue weighted by Crippen LogP contribution is 2.01. The second kappa shape index (κ2) is 14.5. The molecule has 0 saturated heterocycles. The first-order valence-corrected chi connectivity index (χ1v) is 5.51. The number of aliphatic carboxylic acids is 1. The van der Waals surface area contributed by atoms with E-state index in [1.54, 1.807) is 4.90 Å². The van der Waals surface area contributed by atoms with Gasteiger partial charge in [-0.15, -0.1) is 24.8 Å². The summed E-state index contributed by atoms with van der Waals surface area (Å²) in [7, 11) is 0. The summed E-state index contributed by atoms with van der Waals surface area (Å²) in [4.78, 5) is 23.6. The van der Waals surface area contributed by atoms with Gasteiger partial charge in [0, 0.05) is 19.5 Å². The number of carbonyl (C=O) groups is 2. The lowest BCUT2D eigenvalue weighted by Gasteiger charge is -2.22. The summed E-state index contributed by atoms with van der Waals surface area (Å²) in [5.74, 6) is -1.09. The number of amides is 1. The number of carbonyl (C=O) groups excluding carboxylic acids is 1. The van der Waals surface area contributed by atoms with Crippen molar-refractivity contribution in [1.29, 1.82) is 0 Å². The minimum atomic E-state index is -0.953. The predicted octanol–water partition coefficient (Wildman–Crippen LogP) is 0.221. The maximum Gasteiger partial charge on any atom is 0.303 e. The molecule has 8 heteroatoms. The number of rotatable bonds is 9. The third-order valence-corrected chi connectivity index (χ3v) is 2.17. The van der Waals surface area contributed by atoms with E-state index in [0.29, 0.717) is 26.2 Å². The van der Waals surface area contributed by atoms with Gasteiger partial charge in [0.05, 0.1) is 6.42 Å². The van der Waals surface area contributed by atoms with Crippen molar-refractivity contribution in [2.45, 2.75) is 25.7 Å². The molecule has 0 aliphatic heterocycles. The van der Waals surface area contributed by atoms with Crippen LogP contribution in [0.1, 0.15) is 25.7 Å². The van der Waals surface area contributed by atoms with E-state index < -0.39 is 5.97 Å². The SMILES string of the molecule is Cl.Cl.NCCCN(CCCN)C(=O)CCC(=O)O. The fourth-order valence-electron chi connectivity index (χ4n) is 1.30. The molecule has 0 rings (SSSR count). The van der Waals surface area contributed by atoms with Crippen molar-refractivity contribution in [2.24, 2.45) is 11.5 Å². The standard InChI is InChI=1S/C10H21N3O3.2ClH/c11-5-1-7-13(8-2-6-12)9(14)3-4-10(15)16;;/h1-8,11-12H2,(H,15,16);2*1H. The maximum atomic E-state index is 11.6. The van der Waals surface area contributed by atoms with E-state index in [-0.39, 0.29) is 43.6 Å². The molecule has 0 aromatic rings. The second-order valence-corrected chi connectivity index (χ2v) is 3.56. The van der Waals surface area contributed by atoms with Gasteiger partial charge in [-0.2, -0.15) is 0 Å². The third-order valence-electron chi connectivity index (χ3n) is 2.17. The van der Waals surface area contributed by atoms with E-state index in [2.05, 4.69) is 0 Å². The Morgan fingerprint density at radius 2 is 1.39 bits per heavy atom. The molecule has 0 radical (unpaired) electrons. The van der Waals surface area contributed by atoms with E-state index in [1.165, 1.54) is 0 Å². The lowest BCUT2D eigenvalue weighted by atomic mass is 10.2. The smallest absolute Gasteiger partial charge is 0.303 e. The Labute approximate surface area is 120 Å². The van der Waals surface area contributed by atoms with Crippen molar-refractivity contribution in [3.63, 3.8) is 0 Å².